The normalized spacial score (nSPS) is 20.5. The first-order chi connectivity index (χ1) is 7.27. The Balaban J connectivity index is 2.00. The number of anilines is 1. The minimum absolute atomic E-state index is 0.617. The van der Waals surface area contributed by atoms with E-state index < -0.39 is 0 Å². The first kappa shape index (κ1) is 10.8. The molecular formula is C12H17ClN2. The second-order valence-electron chi connectivity index (χ2n) is 4.13. The van der Waals surface area contributed by atoms with Crippen molar-refractivity contribution < 1.29 is 0 Å². The summed E-state index contributed by atoms with van der Waals surface area (Å²) in [6, 6.07) is 8.62. The lowest BCUT2D eigenvalue weighted by Gasteiger charge is -2.24. The van der Waals surface area contributed by atoms with Crippen LogP contribution in [-0.2, 0) is 0 Å². The van der Waals surface area contributed by atoms with Crippen LogP contribution in [-0.4, -0.2) is 26.2 Å². The van der Waals surface area contributed by atoms with E-state index in [4.69, 9.17) is 11.6 Å². The van der Waals surface area contributed by atoms with Gasteiger partial charge in [0.1, 0.15) is 0 Å². The van der Waals surface area contributed by atoms with E-state index in [1.165, 1.54) is 12.8 Å². The highest BCUT2D eigenvalue weighted by Gasteiger charge is 2.16. The predicted molar refractivity (Wildman–Crippen MR) is 65.7 cm³/mol. The van der Waals surface area contributed by atoms with Crippen LogP contribution in [0.2, 0.25) is 5.02 Å². The number of hydrogen-bond donors (Lipinski definition) is 1. The highest BCUT2D eigenvalue weighted by atomic mass is 35.5. The first-order valence-electron chi connectivity index (χ1n) is 5.46. The molecule has 0 bridgehead atoms. The molecule has 1 N–H and O–H groups in total. The second-order valence-corrected chi connectivity index (χ2v) is 4.53. The highest BCUT2D eigenvalue weighted by Crippen LogP contribution is 2.24. The summed E-state index contributed by atoms with van der Waals surface area (Å²) in [4.78, 5) is 2.23. The van der Waals surface area contributed by atoms with E-state index in [0.29, 0.717) is 6.04 Å². The van der Waals surface area contributed by atoms with Gasteiger partial charge in [-0.15, -0.1) is 0 Å². The fraction of sp³-hybridized carbons (Fsp3) is 0.500. The molecule has 0 aromatic heterocycles. The maximum absolute atomic E-state index is 6.14. The molecule has 0 radical (unpaired) electrons. The molecule has 2 rings (SSSR count). The third-order valence-electron chi connectivity index (χ3n) is 2.92. The van der Waals surface area contributed by atoms with Crippen LogP contribution in [0.3, 0.4) is 0 Å². The Morgan fingerprint density at radius 2 is 2.27 bits per heavy atom. The predicted octanol–water partition coefficient (Wildman–Crippen LogP) is 2.53. The molecule has 82 valence electrons. The van der Waals surface area contributed by atoms with Gasteiger partial charge in [0, 0.05) is 19.6 Å². The minimum Gasteiger partial charge on any atom is -0.372 e. The summed E-state index contributed by atoms with van der Waals surface area (Å²) in [6.45, 7) is 2.19. The van der Waals surface area contributed by atoms with Gasteiger partial charge in [-0.1, -0.05) is 23.7 Å². The number of hydrogen-bond acceptors (Lipinski definition) is 2. The summed E-state index contributed by atoms with van der Waals surface area (Å²) in [5, 5.41) is 4.32. The van der Waals surface area contributed by atoms with E-state index in [9.17, 15) is 0 Å². The quantitative estimate of drug-likeness (QED) is 0.849. The fourth-order valence-corrected chi connectivity index (χ4v) is 2.38. The van der Waals surface area contributed by atoms with Crippen molar-refractivity contribution in [1.82, 2.24) is 5.32 Å². The van der Waals surface area contributed by atoms with Crippen molar-refractivity contribution in [2.24, 2.45) is 0 Å². The molecule has 1 aromatic rings. The van der Waals surface area contributed by atoms with Crippen LogP contribution in [0.4, 0.5) is 5.69 Å². The molecule has 0 saturated carbocycles. The van der Waals surface area contributed by atoms with Gasteiger partial charge >= 0.3 is 0 Å². The van der Waals surface area contributed by atoms with Gasteiger partial charge < -0.3 is 10.2 Å². The number of para-hydroxylation sites is 1. The molecule has 1 atom stereocenters. The van der Waals surface area contributed by atoms with Gasteiger partial charge in [-0.2, -0.15) is 0 Å². The molecule has 0 aliphatic carbocycles. The van der Waals surface area contributed by atoms with Crippen molar-refractivity contribution in [3.05, 3.63) is 29.3 Å². The van der Waals surface area contributed by atoms with Crippen LogP contribution in [0.25, 0.3) is 0 Å². The van der Waals surface area contributed by atoms with E-state index >= 15 is 0 Å². The van der Waals surface area contributed by atoms with Gasteiger partial charge in [0.25, 0.3) is 0 Å². The average molecular weight is 225 g/mol. The van der Waals surface area contributed by atoms with Crippen molar-refractivity contribution in [2.75, 3.05) is 25.0 Å². The summed E-state index contributed by atoms with van der Waals surface area (Å²) in [7, 11) is 2.10. The lowest BCUT2D eigenvalue weighted by atomic mass is 10.2. The molecule has 1 aliphatic heterocycles. The molecule has 1 aromatic carbocycles. The number of likely N-dealkylation sites (N-methyl/N-ethyl adjacent to an activating group) is 1. The van der Waals surface area contributed by atoms with E-state index in [2.05, 4.69) is 23.3 Å². The van der Waals surface area contributed by atoms with E-state index in [1.807, 2.05) is 18.2 Å². The number of benzene rings is 1. The summed E-state index contributed by atoms with van der Waals surface area (Å²) in [5.41, 5.74) is 1.12. The Morgan fingerprint density at radius 3 is 2.93 bits per heavy atom. The van der Waals surface area contributed by atoms with Crippen molar-refractivity contribution in [2.45, 2.75) is 18.9 Å². The smallest absolute Gasteiger partial charge is 0.0639 e. The molecule has 1 heterocycles. The molecule has 2 nitrogen and oxygen atoms in total. The summed E-state index contributed by atoms with van der Waals surface area (Å²) in [5.74, 6) is 0. The zero-order valence-corrected chi connectivity index (χ0v) is 9.80. The number of nitrogens with one attached hydrogen (secondary N) is 1. The maximum Gasteiger partial charge on any atom is 0.0639 e. The Morgan fingerprint density at radius 1 is 1.47 bits per heavy atom. The third kappa shape index (κ3) is 2.64. The second kappa shape index (κ2) is 4.86. The molecule has 1 aliphatic rings. The third-order valence-corrected chi connectivity index (χ3v) is 3.24. The Bertz CT molecular complexity index is 321. The van der Waals surface area contributed by atoms with Gasteiger partial charge in [-0.25, -0.2) is 0 Å². The average Bonchev–Trinajstić information content (AvgIpc) is 2.71. The van der Waals surface area contributed by atoms with Crippen LogP contribution in [0.15, 0.2) is 24.3 Å². The largest absolute Gasteiger partial charge is 0.372 e. The Kier molecular flexibility index (Phi) is 3.49. The lowest BCUT2D eigenvalue weighted by molar-refractivity contribution is 0.600. The summed E-state index contributed by atoms with van der Waals surface area (Å²) in [6.07, 6.45) is 2.57. The maximum atomic E-state index is 6.14. The first-order valence-corrected chi connectivity index (χ1v) is 5.84. The SMILES string of the molecule is CN(CC1CCCN1)c1ccccc1Cl. The van der Waals surface area contributed by atoms with Gasteiger partial charge in [-0.05, 0) is 31.5 Å². The monoisotopic (exact) mass is 224 g/mol. The van der Waals surface area contributed by atoms with E-state index in [0.717, 1.165) is 23.8 Å². The van der Waals surface area contributed by atoms with Crippen molar-refractivity contribution >= 4 is 17.3 Å². The zero-order chi connectivity index (χ0) is 10.7. The van der Waals surface area contributed by atoms with Crippen LogP contribution >= 0.6 is 11.6 Å². The lowest BCUT2D eigenvalue weighted by Crippen LogP contribution is -2.35. The van der Waals surface area contributed by atoms with Crippen LogP contribution < -0.4 is 10.2 Å². The van der Waals surface area contributed by atoms with Crippen LogP contribution in [0, 0.1) is 0 Å². The van der Waals surface area contributed by atoms with Crippen molar-refractivity contribution in [3.8, 4) is 0 Å². The summed E-state index contributed by atoms with van der Waals surface area (Å²) < 4.78 is 0. The number of rotatable bonds is 3. The van der Waals surface area contributed by atoms with Gasteiger partial charge in [0.15, 0.2) is 0 Å². The fourth-order valence-electron chi connectivity index (χ4n) is 2.10. The van der Waals surface area contributed by atoms with E-state index in [1.54, 1.807) is 0 Å². The zero-order valence-electron chi connectivity index (χ0n) is 9.04. The molecule has 0 spiro atoms. The molecule has 1 saturated heterocycles. The molecular weight excluding hydrogens is 208 g/mol. The molecule has 1 fully saturated rings. The van der Waals surface area contributed by atoms with Crippen molar-refractivity contribution in [3.63, 3.8) is 0 Å². The highest BCUT2D eigenvalue weighted by molar-refractivity contribution is 6.33. The molecule has 1 unspecified atom stereocenters. The van der Waals surface area contributed by atoms with Crippen LogP contribution in [0.5, 0.6) is 0 Å². The standard InChI is InChI=1S/C12H17ClN2/c1-15(9-10-5-4-8-14-10)12-7-3-2-6-11(12)13/h2-3,6-7,10,14H,4-5,8-9H2,1H3. The Labute approximate surface area is 96.2 Å². The Hall–Kier alpha value is -0.730. The van der Waals surface area contributed by atoms with E-state index in [-0.39, 0.29) is 0 Å². The number of nitrogens with zero attached hydrogens (tertiary/aromatic N) is 1. The molecule has 0 amide bonds. The summed E-state index contributed by atoms with van der Waals surface area (Å²) >= 11 is 6.14. The van der Waals surface area contributed by atoms with Gasteiger partial charge in [-0.3, -0.25) is 0 Å². The van der Waals surface area contributed by atoms with Crippen molar-refractivity contribution in [1.29, 1.82) is 0 Å². The van der Waals surface area contributed by atoms with Crippen LogP contribution in [0.1, 0.15) is 12.8 Å². The van der Waals surface area contributed by atoms with Gasteiger partial charge in [0.05, 0.1) is 10.7 Å². The number of halogens is 1. The topological polar surface area (TPSA) is 15.3 Å². The minimum atomic E-state index is 0.617. The molecule has 3 heteroatoms. The van der Waals surface area contributed by atoms with Gasteiger partial charge in [0.2, 0.25) is 0 Å². The molecule has 15 heavy (non-hydrogen) atoms.